The average Bonchev–Trinajstić information content (AvgIpc) is 2.93. The summed E-state index contributed by atoms with van der Waals surface area (Å²) in [6.07, 6.45) is 0.502. The number of anilines is 1. The van der Waals surface area contributed by atoms with Gasteiger partial charge in [0.15, 0.2) is 5.13 Å². The van der Waals surface area contributed by atoms with Crippen molar-refractivity contribution in [1.29, 1.82) is 0 Å². The molecule has 2 aromatic rings. The zero-order chi connectivity index (χ0) is 13.4. The average molecular weight is 290 g/mol. The fourth-order valence-electron chi connectivity index (χ4n) is 2.24. The number of aryl methyl sites for hydroxylation is 1. The molecule has 1 aromatic carbocycles. The van der Waals surface area contributed by atoms with E-state index >= 15 is 0 Å². The van der Waals surface area contributed by atoms with Crippen LogP contribution in [-0.2, 0) is 4.79 Å². The Labute approximate surface area is 121 Å². The molecule has 1 saturated heterocycles. The van der Waals surface area contributed by atoms with Gasteiger partial charge in [-0.15, -0.1) is 11.3 Å². The second-order valence-electron chi connectivity index (χ2n) is 4.63. The van der Waals surface area contributed by atoms with Crippen LogP contribution in [0.3, 0.4) is 0 Å². The van der Waals surface area contributed by atoms with E-state index in [1.54, 1.807) is 16.2 Å². The molecule has 19 heavy (non-hydrogen) atoms. The Bertz CT molecular complexity index is 609. The Morgan fingerprint density at radius 3 is 2.74 bits per heavy atom. The van der Waals surface area contributed by atoms with Crippen LogP contribution in [0.5, 0.6) is 0 Å². The molecule has 0 radical (unpaired) electrons. The number of amides is 1. The van der Waals surface area contributed by atoms with E-state index in [-0.39, 0.29) is 11.2 Å². The lowest BCUT2D eigenvalue weighted by Crippen LogP contribution is -2.24. The van der Waals surface area contributed by atoms with Crippen LogP contribution in [-0.4, -0.2) is 22.7 Å². The van der Waals surface area contributed by atoms with Crippen LogP contribution in [0.15, 0.2) is 30.3 Å². The van der Waals surface area contributed by atoms with Gasteiger partial charge in [-0.1, -0.05) is 30.3 Å². The molecule has 1 atom stereocenters. The van der Waals surface area contributed by atoms with E-state index in [0.29, 0.717) is 13.0 Å². The predicted molar refractivity (Wildman–Crippen MR) is 82.0 cm³/mol. The van der Waals surface area contributed by atoms with Gasteiger partial charge in [0.25, 0.3) is 0 Å². The fourth-order valence-corrected chi connectivity index (χ4v) is 3.51. The number of aromatic nitrogens is 1. The quantitative estimate of drug-likeness (QED) is 0.862. The van der Waals surface area contributed by atoms with Gasteiger partial charge in [0.2, 0.25) is 5.91 Å². The van der Waals surface area contributed by atoms with Gasteiger partial charge in [0, 0.05) is 28.7 Å². The smallest absolute Gasteiger partial charge is 0.229 e. The first-order valence-electron chi connectivity index (χ1n) is 6.16. The van der Waals surface area contributed by atoms with Crippen molar-refractivity contribution in [2.75, 3.05) is 11.4 Å². The van der Waals surface area contributed by atoms with Crippen molar-refractivity contribution >= 4 is 35.0 Å². The lowest BCUT2D eigenvalue weighted by molar-refractivity contribution is -0.117. The van der Waals surface area contributed by atoms with Crippen molar-refractivity contribution in [3.8, 4) is 11.3 Å². The standard InChI is InChI=1S/C14H14N2OS2/c1-9-13(10-5-3-2-4-6-10)15-14(19-9)16-8-11(18)7-12(16)17/h2-6,11,18H,7-8H2,1H3. The molecule has 1 unspecified atom stereocenters. The Kier molecular flexibility index (Phi) is 3.33. The molecule has 1 aliphatic rings. The Balaban J connectivity index is 1.96. The first-order chi connectivity index (χ1) is 9.15. The summed E-state index contributed by atoms with van der Waals surface area (Å²) in [5.74, 6) is 0.119. The van der Waals surface area contributed by atoms with Crippen LogP contribution in [0.1, 0.15) is 11.3 Å². The second-order valence-corrected chi connectivity index (χ2v) is 6.54. The molecule has 98 valence electrons. The lowest BCUT2D eigenvalue weighted by Gasteiger charge is -2.10. The highest BCUT2D eigenvalue weighted by Crippen LogP contribution is 2.34. The summed E-state index contributed by atoms with van der Waals surface area (Å²) in [7, 11) is 0. The van der Waals surface area contributed by atoms with E-state index in [1.807, 2.05) is 37.3 Å². The lowest BCUT2D eigenvalue weighted by atomic mass is 10.1. The second kappa shape index (κ2) is 4.98. The van der Waals surface area contributed by atoms with Gasteiger partial charge < -0.3 is 0 Å². The third-order valence-corrected chi connectivity index (χ3v) is 4.51. The van der Waals surface area contributed by atoms with Crippen molar-refractivity contribution in [3.05, 3.63) is 35.2 Å². The number of benzene rings is 1. The number of carbonyl (C=O) groups is 1. The molecule has 0 N–H and O–H groups in total. The highest BCUT2D eigenvalue weighted by atomic mass is 32.1. The molecular formula is C14H14N2OS2. The molecule has 1 aromatic heterocycles. The van der Waals surface area contributed by atoms with E-state index in [4.69, 9.17) is 0 Å². The number of hydrogen-bond donors (Lipinski definition) is 1. The molecule has 0 spiro atoms. The molecule has 1 aliphatic heterocycles. The van der Waals surface area contributed by atoms with Crippen LogP contribution >= 0.6 is 24.0 Å². The third kappa shape index (κ3) is 2.40. The minimum absolute atomic E-state index is 0.119. The first-order valence-corrected chi connectivity index (χ1v) is 7.49. The Hall–Kier alpha value is -1.33. The highest BCUT2D eigenvalue weighted by molar-refractivity contribution is 7.81. The van der Waals surface area contributed by atoms with Gasteiger partial charge in [0.1, 0.15) is 0 Å². The molecular weight excluding hydrogens is 276 g/mol. The van der Waals surface area contributed by atoms with Crippen molar-refractivity contribution in [2.24, 2.45) is 0 Å². The van der Waals surface area contributed by atoms with Crippen LogP contribution in [0.4, 0.5) is 5.13 Å². The van der Waals surface area contributed by atoms with Gasteiger partial charge in [0.05, 0.1) is 5.69 Å². The van der Waals surface area contributed by atoms with Crippen LogP contribution in [0, 0.1) is 6.92 Å². The molecule has 0 saturated carbocycles. The number of thiazole rings is 1. The SMILES string of the molecule is Cc1sc(N2CC(S)CC2=O)nc1-c1ccccc1. The molecule has 1 fully saturated rings. The topological polar surface area (TPSA) is 33.2 Å². The van der Waals surface area contributed by atoms with E-state index in [9.17, 15) is 4.79 Å². The molecule has 2 heterocycles. The monoisotopic (exact) mass is 290 g/mol. The summed E-state index contributed by atoms with van der Waals surface area (Å²) in [4.78, 5) is 19.4. The Morgan fingerprint density at radius 1 is 1.37 bits per heavy atom. The third-order valence-electron chi connectivity index (χ3n) is 3.17. The maximum absolute atomic E-state index is 11.9. The van der Waals surface area contributed by atoms with Gasteiger partial charge in [-0.2, -0.15) is 12.6 Å². The number of hydrogen-bond acceptors (Lipinski definition) is 4. The molecule has 1 amide bonds. The van der Waals surface area contributed by atoms with Crippen LogP contribution < -0.4 is 4.90 Å². The summed E-state index contributed by atoms with van der Waals surface area (Å²) >= 11 is 5.95. The maximum Gasteiger partial charge on any atom is 0.229 e. The predicted octanol–water partition coefficient (Wildman–Crippen LogP) is 3.15. The van der Waals surface area contributed by atoms with Crippen molar-refractivity contribution in [3.63, 3.8) is 0 Å². The first kappa shape index (κ1) is 12.7. The van der Waals surface area contributed by atoms with Crippen molar-refractivity contribution in [2.45, 2.75) is 18.6 Å². The maximum atomic E-state index is 11.9. The summed E-state index contributed by atoms with van der Waals surface area (Å²) in [6, 6.07) is 10.1. The molecule has 3 rings (SSSR count). The molecule has 0 bridgehead atoms. The number of rotatable bonds is 2. The van der Waals surface area contributed by atoms with E-state index in [2.05, 4.69) is 17.6 Å². The fraction of sp³-hybridized carbons (Fsp3) is 0.286. The summed E-state index contributed by atoms with van der Waals surface area (Å²) in [6.45, 7) is 2.70. The molecule has 3 nitrogen and oxygen atoms in total. The minimum atomic E-state index is 0.119. The zero-order valence-corrected chi connectivity index (χ0v) is 12.2. The van der Waals surface area contributed by atoms with Gasteiger partial charge in [-0.3, -0.25) is 9.69 Å². The number of thiol groups is 1. The minimum Gasteiger partial charge on any atom is -0.287 e. The Morgan fingerprint density at radius 2 is 2.11 bits per heavy atom. The van der Waals surface area contributed by atoms with E-state index < -0.39 is 0 Å². The summed E-state index contributed by atoms with van der Waals surface area (Å²) in [5.41, 5.74) is 2.06. The summed E-state index contributed by atoms with van der Waals surface area (Å²) < 4.78 is 0. The van der Waals surface area contributed by atoms with Crippen molar-refractivity contribution < 1.29 is 4.79 Å². The highest BCUT2D eigenvalue weighted by Gasteiger charge is 2.30. The number of carbonyl (C=O) groups excluding carboxylic acids is 1. The number of nitrogens with zero attached hydrogens (tertiary/aromatic N) is 2. The van der Waals surface area contributed by atoms with E-state index in [1.165, 1.54) is 0 Å². The van der Waals surface area contributed by atoms with Gasteiger partial charge in [-0.25, -0.2) is 4.98 Å². The molecule has 0 aliphatic carbocycles. The zero-order valence-electron chi connectivity index (χ0n) is 10.5. The van der Waals surface area contributed by atoms with Gasteiger partial charge in [-0.05, 0) is 6.92 Å². The van der Waals surface area contributed by atoms with Crippen LogP contribution in [0.2, 0.25) is 0 Å². The molecule has 5 heteroatoms. The van der Waals surface area contributed by atoms with Crippen molar-refractivity contribution in [1.82, 2.24) is 4.98 Å². The summed E-state index contributed by atoms with van der Waals surface area (Å²) in [5, 5.41) is 0.912. The van der Waals surface area contributed by atoms with E-state index in [0.717, 1.165) is 21.3 Å². The van der Waals surface area contributed by atoms with Crippen LogP contribution in [0.25, 0.3) is 11.3 Å². The largest absolute Gasteiger partial charge is 0.287 e. The normalized spacial score (nSPS) is 19.2. The van der Waals surface area contributed by atoms with Gasteiger partial charge >= 0.3 is 0 Å².